The summed E-state index contributed by atoms with van der Waals surface area (Å²) in [4.78, 5) is 13.5. The highest BCUT2D eigenvalue weighted by molar-refractivity contribution is 5.88. The minimum absolute atomic E-state index is 0.0341. The third kappa shape index (κ3) is 3.61. The molecule has 1 aromatic rings. The SMILES string of the molecule is CC(=O)Nc1ccc(CN2CCC3(CC2)NCCO3)cc1. The van der Waals surface area contributed by atoms with Crippen LogP contribution in [0, 0.1) is 0 Å². The number of amides is 1. The second-order valence-electron chi connectivity index (χ2n) is 5.92. The van der Waals surface area contributed by atoms with Crippen LogP contribution in [-0.4, -0.2) is 42.8 Å². The largest absolute Gasteiger partial charge is 0.359 e. The quantitative estimate of drug-likeness (QED) is 0.886. The summed E-state index contributed by atoms with van der Waals surface area (Å²) in [6, 6.07) is 8.09. The van der Waals surface area contributed by atoms with Crippen LogP contribution in [0.5, 0.6) is 0 Å². The van der Waals surface area contributed by atoms with E-state index < -0.39 is 0 Å². The molecule has 0 bridgehead atoms. The van der Waals surface area contributed by atoms with Gasteiger partial charge >= 0.3 is 0 Å². The van der Waals surface area contributed by atoms with E-state index in [0.717, 1.165) is 51.3 Å². The molecule has 2 N–H and O–H groups in total. The highest BCUT2D eigenvalue weighted by atomic mass is 16.5. The van der Waals surface area contributed by atoms with Gasteiger partial charge < -0.3 is 10.1 Å². The lowest BCUT2D eigenvalue weighted by molar-refractivity contribution is -0.114. The third-order valence-corrected chi connectivity index (χ3v) is 4.27. The molecule has 2 heterocycles. The standard InChI is InChI=1S/C16H23N3O2/c1-13(20)18-15-4-2-14(3-5-15)12-19-9-6-16(7-10-19)17-8-11-21-16/h2-5,17H,6-12H2,1H3,(H,18,20). The zero-order valence-electron chi connectivity index (χ0n) is 12.5. The molecule has 1 spiro atoms. The summed E-state index contributed by atoms with van der Waals surface area (Å²) in [6.45, 7) is 6.41. The second-order valence-corrected chi connectivity index (χ2v) is 5.92. The predicted molar refractivity (Wildman–Crippen MR) is 81.9 cm³/mol. The van der Waals surface area contributed by atoms with Crippen molar-refractivity contribution in [3.8, 4) is 0 Å². The van der Waals surface area contributed by atoms with Crippen LogP contribution >= 0.6 is 0 Å². The molecule has 5 nitrogen and oxygen atoms in total. The number of carbonyl (C=O) groups excluding carboxylic acids is 1. The Balaban J connectivity index is 1.52. The number of benzene rings is 1. The van der Waals surface area contributed by atoms with Gasteiger partial charge in [-0.05, 0) is 17.7 Å². The Labute approximate surface area is 125 Å². The lowest BCUT2D eigenvalue weighted by Gasteiger charge is -2.38. The zero-order chi connectivity index (χ0) is 14.7. The predicted octanol–water partition coefficient (Wildman–Crippen LogP) is 1.56. The first-order valence-electron chi connectivity index (χ1n) is 7.63. The number of hydrogen-bond donors (Lipinski definition) is 2. The van der Waals surface area contributed by atoms with Crippen LogP contribution in [0.1, 0.15) is 25.3 Å². The van der Waals surface area contributed by atoms with Crippen molar-refractivity contribution in [1.82, 2.24) is 10.2 Å². The molecule has 5 heteroatoms. The molecule has 2 fully saturated rings. The van der Waals surface area contributed by atoms with E-state index in [1.165, 1.54) is 12.5 Å². The normalized spacial score (nSPS) is 21.6. The Bertz CT molecular complexity index is 485. The fourth-order valence-electron chi connectivity index (χ4n) is 3.12. The van der Waals surface area contributed by atoms with Crippen LogP contribution in [0.25, 0.3) is 0 Å². The number of likely N-dealkylation sites (tertiary alicyclic amines) is 1. The average Bonchev–Trinajstić information content (AvgIpc) is 2.92. The third-order valence-electron chi connectivity index (χ3n) is 4.27. The van der Waals surface area contributed by atoms with Crippen LogP contribution < -0.4 is 10.6 Å². The molecule has 21 heavy (non-hydrogen) atoms. The molecular formula is C16H23N3O2. The highest BCUT2D eigenvalue weighted by Gasteiger charge is 2.37. The van der Waals surface area contributed by atoms with Gasteiger partial charge in [-0.15, -0.1) is 0 Å². The van der Waals surface area contributed by atoms with Crippen LogP contribution in [-0.2, 0) is 16.1 Å². The Morgan fingerprint density at radius 1 is 1.33 bits per heavy atom. The first-order valence-corrected chi connectivity index (χ1v) is 7.63. The molecule has 0 aromatic heterocycles. The Hall–Kier alpha value is -1.43. The fraction of sp³-hybridized carbons (Fsp3) is 0.562. The Morgan fingerprint density at radius 2 is 2.05 bits per heavy atom. The first-order chi connectivity index (χ1) is 10.2. The van der Waals surface area contributed by atoms with Gasteiger partial charge in [0.1, 0.15) is 5.72 Å². The van der Waals surface area contributed by atoms with Crippen molar-refractivity contribution in [1.29, 1.82) is 0 Å². The van der Waals surface area contributed by atoms with Crippen molar-refractivity contribution in [3.05, 3.63) is 29.8 Å². The minimum atomic E-state index is -0.0498. The average molecular weight is 289 g/mol. The van der Waals surface area contributed by atoms with Gasteiger partial charge in [0.25, 0.3) is 0 Å². The van der Waals surface area contributed by atoms with Crippen molar-refractivity contribution in [2.45, 2.75) is 32.0 Å². The lowest BCUT2D eigenvalue weighted by atomic mass is 10.00. The number of piperidine rings is 1. The highest BCUT2D eigenvalue weighted by Crippen LogP contribution is 2.27. The van der Waals surface area contributed by atoms with Gasteiger partial charge in [-0.2, -0.15) is 0 Å². The molecule has 2 saturated heterocycles. The van der Waals surface area contributed by atoms with E-state index in [2.05, 4.69) is 27.7 Å². The summed E-state index contributed by atoms with van der Waals surface area (Å²) in [5.74, 6) is -0.0341. The Morgan fingerprint density at radius 3 is 2.62 bits per heavy atom. The first kappa shape index (κ1) is 14.5. The van der Waals surface area contributed by atoms with E-state index >= 15 is 0 Å². The van der Waals surface area contributed by atoms with Crippen molar-refractivity contribution < 1.29 is 9.53 Å². The molecule has 0 atom stereocenters. The van der Waals surface area contributed by atoms with Gasteiger partial charge in [-0.3, -0.25) is 15.0 Å². The molecular weight excluding hydrogens is 266 g/mol. The van der Waals surface area contributed by atoms with E-state index in [4.69, 9.17) is 4.74 Å². The van der Waals surface area contributed by atoms with Crippen LogP contribution in [0.3, 0.4) is 0 Å². The summed E-state index contributed by atoms with van der Waals surface area (Å²) in [6.07, 6.45) is 2.11. The lowest BCUT2D eigenvalue weighted by Crippen LogP contribution is -2.50. The number of anilines is 1. The molecule has 3 rings (SSSR count). The van der Waals surface area contributed by atoms with Crippen molar-refractivity contribution in [2.75, 3.05) is 31.6 Å². The van der Waals surface area contributed by atoms with Crippen LogP contribution in [0.15, 0.2) is 24.3 Å². The molecule has 0 radical (unpaired) electrons. The van der Waals surface area contributed by atoms with Gasteiger partial charge in [0.15, 0.2) is 0 Å². The molecule has 1 aromatic carbocycles. The molecule has 1 amide bonds. The van der Waals surface area contributed by atoms with E-state index in [-0.39, 0.29) is 11.6 Å². The van der Waals surface area contributed by atoms with E-state index in [1.54, 1.807) is 0 Å². The summed E-state index contributed by atoms with van der Waals surface area (Å²) in [7, 11) is 0. The van der Waals surface area contributed by atoms with Gasteiger partial charge in [-0.25, -0.2) is 0 Å². The van der Waals surface area contributed by atoms with Gasteiger partial charge in [-0.1, -0.05) is 12.1 Å². The Kier molecular flexibility index (Phi) is 4.24. The maximum Gasteiger partial charge on any atom is 0.221 e. The summed E-state index contributed by atoms with van der Waals surface area (Å²) in [5.41, 5.74) is 2.08. The van der Waals surface area contributed by atoms with Crippen molar-refractivity contribution in [3.63, 3.8) is 0 Å². The van der Waals surface area contributed by atoms with Crippen LogP contribution in [0.2, 0.25) is 0 Å². The monoisotopic (exact) mass is 289 g/mol. The van der Waals surface area contributed by atoms with Crippen molar-refractivity contribution in [2.24, 2.45) is 0 Å². The maximum absolute atomic E-state index is 11.0. The van der Waals surface area contributed by atoms with E-state index in [1.807, 2.05) is 12.1 Å². The fourth-order valence-corrected chi connectivity index (χ4v) is 3.12. The summed E-state index contributed by atoms with van der Waals surface area (Å²) >= 11 is 0. The smallest absolute Gasteiger partial charge is 0.221 e. The molecule has 0 aliphatic carbocycles. The van der Waals surface area contributed by atoms with Gasteiger partial charge in [0.05, 0.1) is 6.61 Å². The number of nitrogens with one attached hydrogen (secondary N) is 2. The number of nitrogens with zero attached hydrogens (tertiary/aromatic N) is 1. The summed E-state index contributed by atoms with van der Waals surface area (Å²) < 4.78 is 5.85. The number of ether oxygens (including phenoxy) is 1. The molecule has 2 aliphatic heterocycles. The molecule has 0 unspecified atom stereocenters. The van der Waals surface area contributed by atoms with Gasteiger partial charge in [0, 0.05) is 51.6 Å². The molecule has 114 valence electrons. The van der Waals surface area contributed by atoms with Crippen molar-refractivity contribution >= 4 is 11.6 Å². The number of hydrogen-bond acceptors (Lipinski definition) is 4. The second kappa shape index (κ2) is 6.13. The number of rotatable bonds is 3. The topological polar surface area (TPSA) is 53.6 Å². The maximum atomic E-state index is 11.0. The van der Waals surface area contributed by atoms with Gasteiger partial charge in [0.2, 0.25) is 5.91 Å². The molecule has 0 saturated carbocycles. The van der Waals surface area contributed by atoms with E-state index in [9.17, 15) is 4.79 Å². The van der Waals surface area contributed by atoms with Crippen LogP contribution in [0.4, 0.5) is 5.69 Å². The summed E-state index contributed by atoms with van der Waals surface area (Å²) in [5, 5.41) is 6.28. The molecule has 2 aliphatic rings. The minimum Gasteiger partial charge on any atom is -0.359 e. The number of carbonyl (C=O) groups is 1. The zero-order valence-corrected chi connectivity index (χ0v) is 12.5. The van der Waals surface area contributed by atoms with E-state index in [0.29, 0.717) is 0 Å².